The van der Waals surface area contributed by atoms with Crippen LogP contribution >= 0.6 is 0 Å². The molecule has 4 N–H and O–H groups in total. The van der Waals surface area contributed by atoms with Crippen LogP contribution in [0, 0.1) is 10.1 Å². The number of rotatable bonds is 10. The molecule has 0 aliphatic carbocycles. The van der Waals surface area contributed by atoms with Crippen molar-refractivity contribution in [2.24, 2.45) is 0 Å². The molecule has 0 unspecified atom stereocenters. The quantitative estimate of drug-likeness (QED) is 0.343. The zero-order chi connectivity index (χ0) is 17.2. The van der Waals surface area contributed by atoms with Crippen LogP contribution in [0.5, 0.6) is 0 Å². The van der Waals surface area contributed by atoms with E-state index in [1.165, 1.54) is 12.3 Å². The standard InChI is InChI=1S/C15H21N7O2/c16-15-19-10-7-14(21-15)18-9-4-2-1-3-8-17-13-6-5-12(11-20-13)22(23)24/h5-7,10-11H,1-4,8-9H2,(H,17,20)(H3,16,18,19,21). The lowest BCUT2D eigenvalue weighted by Gasteiger charge is -2.06. The van der Waals surface area contributed by atoms with Crippen LogP contribution in [0.15, 0.2) is 30.6 Å². The molecule has 0 atom stereocenters. The van der Waals surface area contributed by atoms with Gasteiger partial charge in [-0.15, -0.1) is 0 Å². The number of nitrogens with one attached hydrogen (secondary N) is 2. The van der Waals surface area contributed by atoms with E-state index in [-0.39, 0.29) is 11.6 Å². The summed E-state index contributed by atoms with van der Waals surface area (Å²) in [6, 6.07) is 4.86. The fourth-order valence-electron chi connectivity index (χ4n) is 2.11. The summed E-state index contributed by atoms with van der Waals surface area (Å²) in [5.74, 6) is 1.67. The monoisotopic (exact) mass is 331 g/mol. The lowest BCUT2D eigenvalue weighted by atomic mass is 10.2. The minimum atomic E-state index is -0.458. The predicted molar refractivity (Wildman–Crippen MR) is 92.8 cm³/mol. The SMILES string of the molecule is Nc1nccc(NCCCCCCNc2ccc([N+](=O)[O-])cn2)n1. The first-order chi connectivity index (χ1) is 11.6. The van der Waals surface area contributed by atoms with Crippen molar-refractivity contribution in [2.45, 2.75) is 25.7 Å². The zero-order valence-electron chi connectivity index (χ0n) is 13.3. The van der Waals surface area contributed by atoms with Crippen molar-refractivity contribution in [3.63, 3.8) is 0 Å². The van der Waals surface area contributed by atoms with Gasteiger partial charge in [-0.25, -0.2) is 9.97 Å². The van der Waals surface area contributed by atoms with E-state index in [1.807, 2.05) is 0 Å². The second-order valence-corrected chi connectivity index (χ2v) is 5.23. The maximum atomic E-state index is 10.5. The average molecular weight is 331 g/mol. The first kappa shape index (κ1) is 17.4. The fourth-order valence-corrected chi connectivity index (χ4v) is 2.11. The van der Waals surface area contributed by atoms with E-state index in [1.54, 1.807) is 18.3 Å². The van der Waals surface area contributed by atoms with Gasteiger partial charge in [0.05, 0.1) is 4.92 Å². The highest BCUT2D eigenvalue weighted by atomic mass is 16.6. The minimum Gasteiger partial charge on any atom is -0.370 e. The van der Waals surface area contributed by atoms with Crippen molar-refractivity contribution < 1.29 is 4.92 Å². The molecule has 128 valence electrons. The fraction of sp³-hybridized carbons (Fsp3) is 0.400. The van der Waals surface area contributed by atoms with E-state index in [9.17, 15) is 10.1 Å². The number of pyridine rings is 1. The first-order valence-electron chi connectivity index (χ1n) is 7.82. The predicted octanol–water partition coefficient (Wildman–Crippen LogP) is 2.45. The number of unbranched alkanes of at least 4 members (excludes halogenated alkanes) is 3. The van der Waals surface area contributed by atoms with Gasteiger partial charge in [0.15, 0.2) is 0 Å². The smallest absolute Gasteiger partial charge is 0.287 e. The third-order valence-electron chi connectivity index (χ3n) is 3.35. The maximum absolute atomic E-state index is 10.5. The Morgan fingerprint density at radius 1 is 1.00 bits per heavy atom. The zero-order valence-corrected chi connectivity index (χ0v) is 13.3. The molecule has 0 amide bonds. The van der Waals surface area contributed by atoms with Gasteiger partial charge in [-0.3, -0.25) is 10.1 Å². The van der Waals surface area contributed by atoms with E-state index < -0.39 is 4.92 Å². The Bertz CT molecular complexity index is 649. The van der Waals surface area contributed by atoms with Crippen molar-refractivity contribution in [3.05, 3.63) is 40.7 Å². The summed E-state index contributed by atoms with van der Waals surface area (Å²) in [4.78, 5) is 22.0. The molecule has 2 rings (SSSR count). The number of aromatic nitrogens is 3. The molecule has 0 fully saturated rings. The molecule has 9 nitrogen and oxygen atoms in total. The molecule has 0 aliphatic rings. The van der Waals surface area contributed by atoms with E-state index in [2.05, 4.69) is 25.6 Å². The molecule has 2 heterocycles. The van der Waals surface area contributed by atoms with Crippen LogP contribution in [0.4, 0.5) is 23.3 Å². The van der Waals surface area contributed by atoms with Crippen LogP contribution in [0.1, 0.15) is 25.7 Å². The summed E-state index contributed by atoms with van der Waals surface area (Å²) in [6.45, 7) is 1.63. The van der Waals surface area contributed by atoms with E-state index in [4.69, 9.17) is 5.73 Å². The number of nitrogens with two attached hydrogens (primary N) is 1. The van der Waals surface area contributed by atoms with Gasteiger partial charge in [-0.2, -0.15) is 4.98 Å². The lowest BCUT2D eigenvalue weighted by molar-refractivity contribution is -0.385. The normalized spacial score (nSPS) is 10.3. The molecule has 0 radical (unpaired) electrons. The Labute approximate surface area is 139 Å². The van der Waals surface area contributed by atoms with Gasteiger partial charge >= 0.3 is 0 Å². The van der Waals surface area contributed by atoms with Crippen molar-refractivity contribution >= 4 is 23.3 Å². The highest BCUT2D eigenvalue weighted by Gasteiger charge is 2.04. The topological polar surface area (TPSA) is 132 Å². The Kier molecular flexibility index (Phi) is 6.69. The highest BCUT2D eigenvalue weighted by Crippen LogP contribution is 2.12. The molecule has 0 saturated heterocycles. The van der Waals surface area contributed by atoms with Crippen LogP contribution in [0.2, 0.25) is 0 Å². The molecule has 0 aromatic carbocycles. The second kappa shape index (κ2) is 9.23. The van der Waals surface area contributed by atoms with Crippen LogP contribution in [-0.4, -0.2) is 33.0 Å². The molecule has 9 heteroatoms. The average Bonchev–Trinajstić information content (AvgIpc) is 2.57. The number of hydrogen-bond acceptors (Lipinski definition) is 8. The molecular formula is C15H21N7O2. The van der Waals surface area contributed by atoms with Crippen molar-refractivity contribution in [1.82, 2.24) is 15.0 Å². The van der Waals surface area contributed by atoms with E-state index in [0.717, 1.165) is 44.6 Å². The molecule has 2 aromatic heterocycles. The van der Waals surface area contributed by atoms with Gasteiger partial charge in [0.2, 0.25) is 5.95 Å². The van der Waals surface area contributed by atoms with Crippen LogP contribution < -0.4 is 16.4 Å². The summed E-state index contributed by atoms with van der Waals surface area (Å²) in [5, 5.41) is 16.9. The van der Waals surface area contributed by atoms with E-state index in [0.29, 0.717) is 5.82 Å². The van der Waals surface area contributed by atoms with Gasteiger partial charge in [0.25, 0.3) is 5.69 Å². The molecule has 0 saturated carbocycles. The van der Waals surface area contributed by atoms with Crippen LogP contribution in [0.25, 0.3) is 0 Å². The number of nitro groups is 1. The van der Waals surface area contributed by atoms with Gasteiger partial charge in [-0.05, 0) is 25.0 Å². The summed E-state index contributed by atoms with van der Waals surface area (Å²) >= 11 is 0. The summed E-state index contributed by atoms with van der Waals surface area (Å²) in [5.41, 5.74) is 5.51. The summed E-state index contributed by atoms with van der Waals surface area (Å²) in [7, 11) is 0. The first-order valence-corrected chi connectivity index (χ1v) is 7.82. The largest absolute Gasteiger partial charge is 0.370 e. The Balaban J connectivity index is 1.51. The van der Waals surface area contributed by atoms with E-state index >= 15 is 0 Å². The number of hydrogen-bond donors (Lipinski definition) is 3. The molecule has 0 bridgehead atoms. The van der Waals surface area contributed by atoms with Gasteiger partial charge in [0, 0.05) is 25.4 Å². The number of nitrogen functional groups attached to an aromatic ring is 1. The third kappa shape index (κ3) is 6.03. The maximum Gasteiger partial charge on any atom is 0.287 e. The van der Waals surface area contributed by atoms with Crippen molar-refractivity contribution in [1.29, 1.82) is 0 Å². The molecular weight excluding hydrogens is 310 g/mol. The lowest BCUT2D eigenvalue weighted by Crippen LogP contribution is -2.06. The molecule has 24 heavy (non-hydrogen) atoms. The minimum absolute atomic E-state index is 0.00140. The van der Waals surface area contributed by atoms with Gasteiger partial charge in [0.1, 0.15) is 17.8 Å². The Morgan fingerprint density at radius 2 is 1.71 bits per heavy atom. The second-order valence-electron chi connectivity index (χ2n) is 5.23. The number of nitrogens with zero attached hydrogens (tertiary/aromatic N) is 4. The molecule has 2 aromatic rings. The summed E-state index contributed by atoms with van der Waals surface area (Å²) < 4.78 is 0. The Morgan fingerprint density at radius 3 is 2.29 bits per heavy atom. The van der Waals surface area contributed by atoms with Gasteiger partial charge < -0.3 is 16.4 Å². The number of anilines is 3. The van der Waals surface area contributed by atoms with Crippen LogP contribution in [0.3, 0.4) is 0 Å². The van der Waals surface area contributed by atoms with Crippen molar-refractivity contribution in [3.8, 4) is 0 Å². The highest BCUT2D eigenvalue weighted by molar-refractivity contribution is 5.40. The van der Waals surface area contributed by atoms with Crippen molar-refractivity contribution in [2.75, 3.05) is 29.5 Å². The summed E-state index contributed by atoms with van der Waals surface area (Å²) in [6.07, 6.45) is 7.13. The van der Waals surface area contributed by atoms with Crippen LogP contribution in [-0.2, 0) is 0 Å². The van der Waals surface area contributed by atoms with Gasteiger partial charge in [-0.1, -0.05) is 12.8 Å². The Hall–Kier alpha value is -2.97. The molecule has 0 aliphatic heterocycles. The third-order valence-corrected chi connectivity index (χ3v) is 3.35. The molecule has 0 spiro atoms.